The summed E-state index contributed by atoms with van der Waals surface area (Å²) < 4.78 is 5.02. The van der Waals surface area contributed by atoms with Gasteiger partial charge in [0.2, 0.25) is 0 Å². The topological polar surface area (TPSA) is 52.3 Å². The van der Waals surface area contributed by atoms with Gasteiger partial charge in [0.1, 0.15) is 6.61 Å². The van der Waals surface area contributed by atoms with Crippen LogP contribution in [-0.2, 0) is 22.6 Å². The molecule has 0 aromatic heterocycles. The minimum Gasteiger partial charge on any atom is -0.461 e. The lowest BCUT2D eigenvalue weighted by Crippen LogP contribution is -2.10. The Bertz CT molecular complexity index is 306. The van der Waals surface area contributed by atoms with Crippen molar-refractivity contribution in [1.82, 2.24) is 0 Å². The number of hydrogen-bond donors (Lipinski definition) is 1. The van der Waals surface area contributed by atoms with Crippen LogP contribution in [0.25, 0.3) is 0 Å². The fourth-order valence-electron chi connectivity index (χ4n) is 1.23. The zero-order valence-corrected chi connectivity index (χ0v) is 9.03. The van der Waals surface area contributed by atoms with E-state index in [-0.39, 0.29) is 12.4 Å². The summed E-state index contributed by atoms with van der Waals surface area (Å²) in [4.78, 5) is 11.0. The molecule has 0 saturated carbocycles. The number of esters is 1. The summed E-state index contributed by atoms with van der Waals surface area (Å²) in [6.45, 7) is 2.78. The lowest BCUT2D eigenvalue weighted by atomic mass is 10.1. The van der Waals surface area contributed by atoms with Gasteiger partial charge in [-0.15, -0.1) is 0 Å². The molecule has 82 valence electrons. The summed E-state index contributed by atoms with van der Waals surface area (Å²) in [7, 11) is 0. The van der Waals surface area contributed by atoms with E-state index >= 15 is 0 Å². The van der Waals surface area contributed by atoms with Gasteiger partial charge in [0.05, 0.1) is 6.42 Å². The number of aryl methyl sites for hydroxylation is 1. The lowest BCUT2D eigenvalue weighted by molar-refractivity contribution is -0.144. The van der Waals surface area contributed by atoms with Crippen molar-refractivity contribution in [3.8, 4) is 0 Å². The first-order valence-electron chi connectivity index (χ1n) is 5.19. The molecule has 0 unspecified atom stereocenters. The molecule has 15 heavy (non-hydrogen) atoms. The second-order valence-electron chi connectivity index (χ2n) is 3.37. The summed E-state index contributed by atoms with van der Waals surface area (Å²) in [6, 6.07) is 8.06. The van der Waals surface area contributed by atoms with E-state index in [1.165, 1.54) is 5.56 Å². The molecule has 1 rings (SSSR count). The van der Waals surface area contributed by atoms with Crippen molar-refractivity contribution in [2.75, 3.05) is 6.54 Å². The van der Waals surface area contributed by atoms with Crippen LogP contribution in [0, 0.1) is 0 Å². The van der Waals surface area contributed by atoms with Gasteiger partial charge in [0, 0.05) is 6.54 Å². The molecule has 0 bridgehead atoms. The summed E-state index contributed by atoms with van der Waals surface area (Å²) in [6.07, 6.45) is 1.31. The number of ether oxygens (including phenoxy) is 1. The molecular formula is C12H17NO2. The minimum absolute atomic E-state index is 0.239. The molecule has 0 saturated heterocycles. The fraction of sp³-hybridized carbons (Fsp3) is 0.417. The van der Waals surface area contributed by atoms with Crippen LogP contribution in [0.5, 0.6) is 0 Å². The molecular weight excluding hydrogens is 190 g/mol. The van der Waals surface area contributed by atoms with Crippen LogP contribution in [0.2, 0.25) is 0 Å². The molecule has 0 atom stereocenters. The highest BCUT2D eigenvalue weighted by Gasteiger charge is 2.01. The predicted molar refractivity (Wildman–Crippen MR) is 59.3 cm³/mol. The Balaban J connectivity index is 2.40. The van der Waals surface area contributed by atoms with E-state index in [0.717, 1.165) is 12.0 Å². The van der Waals surface area contributed by atoms with Crippen LogP contribution in [0.1, 0.15) is 24.5 Å². The molecule has 0 heterocycles. The van der Waals surface area contributed by atoms with E-state index in [1.54, 1.807) is 0 Å². The average Bonchev–Trinajstić information content (AvgIpc) is 2.27. The zero-order chi connectivity index (χ0) is 11.1. The number of carbonyl (C=O) groups excluding carboxylic acids is 1. The highest BCUT2D eigenvalue weighted by molar-refractivity contribution is 5.69. The molecule has 0 radical (unpaired) electrons. The van der Waals surface area contributed by atoms with Crippen LogP contribution >= 0.6 is 0 Å². The van der Waals surface area contributed by atoms with Crippen LogP contribution in [-0.4, -0.2) is 12.5 Å². The highest BCUT2D eigenvalue weighted by atomic mass is 16.5. The molecule has 3 nitrogen and oxygen atoms in total. The van der Waals surface area contributed by atoms with E-state index in [1.807, 2.05) is 24.3 Å². The van der Waals surface area contributed by atoms with Crippen LogP contribution in [0.15, 0.2) is 24.3 Å². The maximum Gasteiger partial charge on any atom is 0.307 e. The smallest absolute Gasteiger partial charge is 0.307 e. The van der Waals surface area contributed by atoms with Gasteiger partial charge in [-0.3, -0.25) is 4.79 Å². The van der Waals surface area contributed by atoms with Gasteiger partial charge in [-0.2, -0.15) is 0 Å². The zero-order valence-electron chi connectivity index (χ0n) is 9.03. The molecule has 3 heteroatoms. The Hall–Kier alpha value is -1.35. The summed E-state index contributed by atoms with van der Waals surface area (Å²) >= 11 is 0. The maximum atomic E-state index is 11.0. The number of benzene rings is 1. The van der Waals surface area contributed by atoms with Gasteiger partial charge < -0.3 is 10.5 Å². The molecule has 0 aliphatic rings. The van der Waals surface area contributed by atoms with Crippen molar-refractivity contribution in [1.29, 1.82) is 0 Å². The average molecular weight is 207 g/mol. The van der Waals surface area contributed by atoms with Gasteiger partial charge in [0.15, 0.2) is 0 Å². The van der Waals surface area contributed by atoms with E-state index in [4.69, 9.17) is 10.5 Å². The monoisotopic (exact) mass is 207 g/mol. The van der Waals surface area contributed by atoms with E-state index < -0.39 is 0 Å². The number of nitrogens with two attached hydrogens (primary N) is 1. The Morgan fingerprint density at radius 1 is 1.27 bits per heavy atom. The number of carbonyl (C=O) groups is 1. The molecule has 2 N–H and O–H groups in total. The SMILES string of the molecule is CCc1ccc(COC(=O)CCN)cc1. The first-order valence-corrected chi connectivity index (χ1v) is 5.19. The highest BCUT2D eigenvalue weighted by Crippen LogP contribution is 2.06. The van der Waals surface area contributed by atoms with Crippen molar-refractivity contribution in [2.45, 2.75) is 26.4 Å². The van der Waals surface area contributed by atoms with Crippen molar-refractivity contribution in [3.05, 3.63) is 35.4 Å². The number of hydrogen-bond acceptors (Lipinski definition) is 3. The van der Waals surface area contributed by atoms with E-state index in [2.05, 4.69) is 6.92 Å². The quantitative estimate of drug-likeness (QED) is 0.747. The van der Waals surface area contributed by atoms with E-state index in [0.29, 0.717) is 13.2 Å². The third-order valence-corrected chi connectivity index (χ3v) is 2.18. The fourth-order valence-corrected chi connectivity index (χ4v) is 1.23. The van der Waals surface area contributed by atoms with Gasteiger partial charge in [-0.25, -0.2) is 0 Å². The standard InChI is InChI=1S/C12H17NO2/c1-2-10-3-5-11(6-4-10)9-15-12(14)7-8-13/h3-6H,2,7-9,13H2,1H3. The lowest BCUT2D eigenvalue weighted by Gasteiger charge is -2.04. The van der Waals surface area contributed by atoms with Crippen LogP contribution in [0.4, 0.5) is 0 Å². The minimum atomic E-state index is -0.239. The van der Waals surface area contributed by atoms with E-state index in [9.17, 15) is 4.79 Å². The summed E-state index contributed by atoms with van der Waals surface area (Å²) in [5, 5.41) is 0. The molecule has 0 aliphatic heterocycles. The van der Waals surface area contributed by atoms with Crippen molar-refractivity contribution < 1.29 is 9.53 Å². The van der Waals surface area contributed by atoms with Gasteiger partial charge in [-0.1, -0.05) is 31.2 Å². The van der Waals surface area contributed by atoms with Gasteiger partial charge >= 0.3 is 5.97 Å². The van der Waals surface area contributed by atoms with Gasteiger partial charge in [0.25, 0.3) is 0 Å². The second-order valence-corrected chi connectivity index (χ2v) is 3.37. The molecule has 0 amide bonds. The maximum absolute atomic E-state index is 11.0. The second kappa shape index (κ2) is 6.19. The normalized spacial score (nSPS) is 10.0. The van der Waals surface area contributed by atoms with Crippen molar-refractivity contribution >= 4 is 5.97 Å². The molecule has 0 fully saturated rings. The van der Waals surface area contributed by atoms with Crippen LogP contribution in [0.3, 0.4) is 0 Å². The molecule has 1 aromatic carbocycles. The first kappa shape index (κ1) is 11.7. The number of rotatable bonds is 5. The predicted octanol–water partition coefficient (Wildman–Crippen LogP) is 1.64. The Morgan fingerprint density at radius 2 is 1.87 bits per heavy atom. The molecule has 1 aromatic rings. The third-order valence-electron chi connectivity index (χ3n) is 2.18. The largest absolute Gasteiger partial charge is 0.461 e. The Morgan fingerprint density at radius 3 is 2.40 bits per heavy atom. The Kier molecular flexibility index (Phi) is 4.84. The first-order chi connectivity index (χ1) is 7.26. The summed E-state index contributed by atoms with van der Waals surface area (Å²) in [5.74, 6) is -0.239. The third kappa shape index (κ3) is 4.13. The molecule has 0 spiro atoms. The van der Waals surface area contributed by atoms with Crippen molar-refractivity contribution in [2.24, 2.45) is 5.73 Å². The molecule has 0 aliphatic carbocycles. The Labute approximate surface area is 90.2 Å². The van der Waals surface area contributed by atoms with Gasteiger partial charge in [-0.05, 0) is 17.5 Å². The van der Waals surface area contributed by atoms with Crippen LogP contribution < -0.4 is 5.73 Å². The van der Waals surface area contributed by atoms with Crippen molar-refractivity contribution in [3.63, 3.8) is 0 Å². The summed E-state index contributed by atoms with van der Waals surface area (Å²) in [5.41, 5.74) is 7.53.